The van der Waals surface area contributed by atoms with Crippen LogP contribution in [0.2, 0.25) is 5.02 Å². The summed E-state index contributed by atoms with van der Waals surface area (Å²) in [6.45, 7) is 5.57. The van der Waals surface area contributed by atoms with Gasteiger partial charge in [0.25, 0.3) is 0 Å². The molecule has 1 atom stereocenters. The molecule has 0 spiro atoms. The number of anilines is 1. The van der Waals surface area contributed by atoms with Crippen LogP contribution in [-0.4, -0.2) is 50.5 Å². The number of aryl methyl sites for hydroxylation is 1. The number of sulfonamides is 1. The molecule has 174 valence electrons. The molecule has 2 amide bonds. The smallest absolute Gasteiger partial charge is 0.244 e. The van der Waals surface area contributed by atoms with Crippen LogP contribution in [0.15, 0.2) is 48.5 Å². The van der Waals surface area contributed by atoms with Crippen LogP contribution in [0, 0.1) is 6.92 Å². The standard InChI is InChI=1S/C23H30ClN3O4S/c1-5-14-25-23(29)18(3)26(15-19-8-6-7-9-21(19)24)22(28)16-27(32(4,30)31)20-12-10-17(2)11-13-20/h6-13,18H,5,14-16H2,1-4H3,(H,25,29). The van der Waals surface area contributed by atoms with Crippen molar-refractivity contribution in [1.29, 1.82) is 0 Å². The maximum atomic E-state index is 13.4. The van der Waals surface area contributed by atoms with E-state index in [1.165, 1.54) is 4.90 Å². The van der Waals surface area contributed by atoms with Crippen molar-refractivity contribution in [2.24, 2.45) is 0 Å². The molecule has 1 unspecified atom stereocenters. The first-order valence-corrected chi connectivity index (χ1v) is 12.6. The molecule has 9 heteroatoms. The van der Waals surface area contributed by atoms with E-state index in [4.69, 9.17) is 11.6 Å². The van der Waals surface area contributed by atoms with Crippen molar-refractivity contribution in [3.05, 3.63) is 64.7 Å². The van der Waals surface area contributed by atoms with Gasteiger partial charge in [0, 0.05) is 18.1 Å². The third-order valence-corrected chi connectivity index (χ3v) is 6.53. The molecule has 0 fully saturated rings. The van der Waals surface area contributed by atoms with Crippen molar-refractivity contribution in [2.75, 3.05) is 23.7 Å². The van der Waals surface area contributed by atoms with Crippen LogP contribution in [-0.2, 0) is 26.2 Å². The molecule has 0 heterocycles. The van der Waals surface area contributed by atoms with Gasteiger partial charge in [-0.3, -0.25) is 13.9 Å². The molecule has 1 N–H and O–H groups in total. The van der Waals surface area contributed by atoms with Crippen molar-refractivity contribution in [1.82, 2.24) is 10.2 Å². The van der Waals surface area contributed by atoms with Crippen LogP contribution in [0.5, 0.6) is 0 Å². The molecule has 0 aromatic heterocycles. The van der Waals surface area contributed by atoms with Crippen LogP contribution in [0.25, 0.3) is 0 Å². The molecule has 0 aliphatic heterocycles. The number of carbonyl (C=O) groups excluding carboxylic acids is 2. The molecule has 2 rings (SSSR count). The molecule has 0 radical (unpaired) electrons. The van der Waals surface area contributed by atoms with Gasteiger partial charge >= 0.3 is 0 Å². The number of hydrogen-bond acceptors (Lipinski definition) is 4. The van der Waals surface area contributed by atoms with E-state index in [-0.39, 0.29) is 12.5 Å². The average molecular weight is 480 g/mol. The molecule has 32 heavy (non-hydrogen) atoms. The molecule has 0 aliphatic carbocycles. The fourth-order valence-electron chi connectivity index (χ4n) is 3.11. The van der Waals surface area contributed by atoms with Crippen LogP contribution in [0.1, 0.15) is 31.4 Å². The van der Waals surface area contributed by atoms with Crippen molar-refractivity contribution in [2.45, 2.75) is 39.8 Å². The number of nitrogens with zero attached hydrogens (tertiary/aromatic N) is 2. The zero-order valence-electron chi connectivity index (χ0n) is 18.8. The van der Waals surface area contributed by atoms with Gasteiger partial charge in [0.15, 0.2) is 0 Å². The van der Waals surface area contributed by atoms with Gasteiger partial charge in [-0.2, -0.15) is 0 Å². The highest BCUT2D eigenvalue weighted by atomic mass is 35.5. The number of halogens is 1. The Labute approximate surface area is 195 Å². The van der Waals surface area contributed by atoms with Crippen molar-refractivity contribution in [3.63, 3.8) is 0 Å². The lowest BCUT2D eigenvalue weighted by Gasteiger charge is -2.31. The summed E-state index contributed by atoms with van der Waals surface area (Å²) in [4.78, 5) is 27.4. The summed E-state index contributed by atoms with van der Waals surface area (Å²) >= 11 is 6.29. The minimum Gasteiger partial charge on any atom is -0.354 e. The van der Waals surface area contributed by atoms with Crippen molar-refractivity contribution in [3.8, 4) is 0 Å². The van der Waals surface area contributed by atoms with E-state index in [0.29, 0.717) is 22.8 Å². The predicted molar refractivity (Wildman–Crippen MR) is 128 cm³/mol. The Morgan fingerprint density at radius 1 is 1.09 bits per heavy atom. The summed E-state index contributed by atoms with van der Waals surface area (Å²) in [5.41, 5.74) is 2.02. The molecule has 2 aromatic rings. The van der Waals surface area contributed by atoms with E-state index < -0.39 is 28.5 Å². The second-order valence-corrected chi connectivity index (χ2v) is 10.00. The first-order valence-electron chi connectivity index (χ1n) is 10.4. The number of rotatable bonds is 10. The molecular weight excluding hydrogens is 450 g/mol. The van der Waals surface area contributed by atoms with E-state index in [1.807, 2.05) is 13.8 Å². The van der Waals surface area contributed by atoms with Crippen LogP contribution in [0.4, 0.5) is 5.69 Å². The van der Waals surface area contributed by atoms with Crippen molar-refractivity contribution < 1.29 is 18.0 Å². The first-order chi connectivity index (χ1) is 15.0. The van der Waals surface area contributed by atoms with Gasteiger partial charge in [0.2, 0.25) is 21.8 Å². The number of benzene rings is 2. The van der Waals surface area contributed by atoms with E-state index in [9.17, 15) is 18.0 Å². The Bertz CT molecular complexity index is 1040. The topological polar surface area (TPSA) is 86.8 Å². The van der Waals surface area contributed by atoms with Gasteiger partial charge in [-0.25, -0.2) is 8.42 Å². The first kappa shape index (κ1) is 25.7. The fourth-order valence-corrected chi connectivity index (χ4v) is 4.16. The number of nitrogens with one attached hydrogen (secondary N) is 1. The maximum Gasteiger partial charge on any atom is 0.244 e. The Morgan fingerprint density at radius 2 is 1.72 bits per heavy atom. The number of carbonyl (C=O) groups is 2. The molecule has 2 aromatic carbocycles. The highest BCUT2D eigenvalue weighted by Crippen LogP contribution is 2.21. The van der Waals surface area contributed by atoms with Crippen molar-refractivity contribution >= 4 is 39.1 Å². The van der Waals surface area contributed by atoms with E-state index >= 15 is 0 Å². The highest BCUT2D eigenvalue weighted by molar-refractivity contribution is 7.92. The lowest BCUT2D eigenvalue weighted by Crippen LogP contribution is -2.51. The fraction of sp³-hybridized carbons (Fsp3) is 0.391. The molecule has 0 saturated carbocycles. The minimum atomic E-state index is -3.74. The second-order valence-electron chi connectivity index (χ2n) is 7.69. The zero-order chi connectivity index (χ0) is 23.9. The summed E-state index contributed by atoms with van der Waals surface area (Å²) in [5.74, 6) is -0.816. The largest absolute Gasteiger partial charge is 0.354 e. The summed E-state index contributed by atoms with van der Waals surface area (Å²) in [6.07, 6.45) is 1.81. The van der Waals surface area contributed by atoms with E-state index in [1.54, 1.807) is 55.5 Å². The highest BCUT2D eigenvalue weighted by Gasteiger charge is 2.30. The van der Waals surface area contributed by atoms with Crippen LogP contribution >= 0.6 is 11.6 Å². The molecule has 0 aliphatic rings. The van der Waals surface area contributed by atoms with Gasteiger partial charge in [-0.1, -0.05) is 54.4 Å². The maximum absolute atomic E-state index is 13.4. The number of hydrogen-bond donors (Lipinski definition) is 1. The lowest BCUT2D eigenvalue weighted by molar-refractivity contribution is -0.139. The van der Waals surface area contributed by atoms with Gasteiger partial charge in [0.05, 0.1) is 11.9 Å². The quantitative estimate of drug-likeness (QED) is 0.566. The SMILES string of the molecule is CCCNC(=O)C(C)N(Cc1ccccc1Cl)C(=O)CN(c1ccc(C)cc1)S(C)(=O)=O. The summed E-state index contributed by atoms with van der Waals surface area (Å²) in [5, 5.41) is 3.25. The Kier molecular flexibility index (Phi) is 9.09. The molecule has 0 bridgehead atoms. The Balaban J connectivity index is 2.37. The zero-order valence-corrected chi connectivity index (χ0v) is 20.4. The van der Waals surface area contributed by atoms with Gasteiger partial charge in [-0.15, -0.1) is 0 Å². The summed E-state index contributed by atoms with van der Waals surface area (Å²) < 4.78 is 26.0. The Morgan fingerprint density at radius 3 is 2.28 bits per heavy atom. The molecule has 0 saturated heterocycles. The Hall–Kier alpha value is -2.58. The third kappa shape index (κ3) is 6.97. The predicted octanol–water partition coefficient (Wildman–Crippen LogP) is 3.36. The molecule has 7 nitrogen and oxygen atoms in total. The third-order valence-electron chi connectivity index (χ3n) is 5.02. The minimum absolute atomic E-state index is 0.0741. The second kappa shape index (κ2) is 11.3. The average Bonchev–Trinajstić information content (AvgIpc) is 2.74. The number of amides is 2. The van der Waals surface area contributed by atoms with Gasteiger partial charge in [0.1, 0.15) is 12.6 Å². The summed E-state index contributed by atoms with van der Waals surface area (Å²) in [7, 11) is -3.74. The van der Waals surface area contributed by atoms with Crippen LogP contribution < -0.4 is 9.62 Å². The van der Waals surface area contributed by atoms with E-state index in [2.05, 4.69) is 5.32 Å². The van der Waals surface area contributed by atoms with Gasteiger partial charge in [-0.05, 0) is 44.0 Å². The lowest BCUT2D eigenvalue weighted by atomic mass is 10.1. The monoisotopic (exact) mass is 479 g/mol. The summed E-state index contributed by atoms with van der Waals surface area (Å²) in [6, 6.07) is 13.1. The van der Waals surface area contributed by atoms with E-state index in [0.717, 1.165) is 22.5 Å². The normalized spacial score (nSPS) is 12.2. The van der Waals surface area contributed by atoms with Gasteiger partial charge < -0.3 is 10.2 Å². The molecular formula is C23H30ClN3O4S. The van der Waals surface area contributed by atoms with Crippen LogP contribution in [0.3, 0.4) is 0 Å².